The van der Waals surface area contributed by atoms with Gasteiger partial charge in [0.15, 0.2) is 11.5 Å². The summed E-state index contributed by atoms with van der Waals surface area (Å²) in [6, 6.07) is 4.29. The minimum absolute atomic E-state index is 0.00657. The monoisotopic (exact) mass is 217 g/mol. The SMILES string of the molecule is CC(C)Oc1cc(N)ccc1OC(F)F. The Balaban J connectivity index is 2.92. The largest absolute Gasteiger partial charge is 0.487 e. The lowest BCUT2D eigenvalue weighted by molar-refractivity contribution is -0.0518. The van der Waals surface area contributed by atoms with Crippen molar-refractivity contribution in [3.63, 3.8) is 0 Å². The summed E-state index contributed by atoms with van der Waals surface area (Å²) in [4.78, 5) is 0. The van der Waals surface area contributed by atoms with E-state index in [4.69, 9.17) is 10.5 Å². The van der Waals surface area contributed by atoms with E-state index in [0.717, 1.165) is 0 Å². The molecule has 0 atom stereocenters. The zero-order valence-electron chi connectivity index (χ0n) is 8.54. The summed E-state index contributed by atoms with van der Waals surface area (Å²) in [5.74, 6) is 0.221. The number of nitrogen functional groups attached to an aromatic ring is 1. The molecule has 84 valence electrons. The van der Waals surface area contributed by atoms with Crippen molar-refractivity contribution in [2.45, 2.75) is 26.6 Å². The zero-order chi connectivity index (χ0) is 11.4. The van der Waals surface area contributed by atoms with E-state index in [0.29, 0.717) is 5.69 Å². The van der Waals surface area contributed by atoms with Gasteiger partial charge in [-0.3, -0.25) is 0 Å². The van der Waals surface area contributed by atoms with Crippen molar-refractivity contribution in [2.75, 3.05) is 5.73 Å². The van der Waals surface area contributed by atoms with Gasteiger partial charge in [-0.1, -0.05) is 0 Å². The lowest BCUT2D eigenvalue weighted by Crippen LogP contribution is -2.09. The summed E-state index contributed by atoms with van der Waals surface area (Å²) in [6.45, 7) is 0.702. The van der Waals surface area contributed by atoms with E-state index in [1.165, 1.54) is 18.2 Å². The third-order valence-corrected chi connectivity index (χ3v) is 1.55. The van der Waals surface area contributed by atoms with Gasteiger partial charge in [-0.05, 0) is 26.0 Å². The van der Waals surface area contributed by atoms with Gasteiger partial charge in [0, 0.05) is 11.8 Å². The first-order valence-corrected chi connectivity index (χ1v) is 4.50. The highest BCUT2D eigenvalue weighted by molar-refractivity contribution is 5.52. The Morgan fingerprint density at radius 3 is 2.33 bits per heavy atom. The lowest BCUT2D eigenvalue weighted by Gasteiger charge is -2.14. The van der Waals surface area contributed by atoms with Gasteiger partial charge < -0.3 is 15.2 Å². The van der Waals surface area contributed by atoms with Crippen LogP contribution in [0.25, 0.3) is 0 Å². The number of anilines is 1. The number of ether oxygens (including phenoxy) is 2. The summed E-state index contributed by atoms with van der Waals surface area (Å²) >= 11 is 0. The molecule has 1 rings (SSSR count). The Morgan fingerprint density at radius 1 is 1.13 bits per heavy atom. The Labute approximate surface area is 86.8 Å². The molecule has 0 spiro atoms. The van der Waals surface area contributed by atoms with E-state index in [-0.39, 0.29) is 17.6 Å². The topological polar surface area (TPSA) is 44.5 Å². The molecule has 1 aromatic rings. The van der Waals surface area contributed by atoms with E-state index in [1.54, 1.807) is 13.8 Å². The first kappa shape index (κ1) is 11.6. The van der Waals surface area contributed by atoms with Crippen molar-refractivity contribution < 1.29 is 18.3 Å². The van der Waals surface area contributed by atoms with Crippen molar-refractivity contribution >= 4 is 5.69 Å². The quantitative estimate of drug-likeness (QED) is 0.788. The van der Waals surface area contributed by atoms with Crippen molar-refractivity contribution in [1.29, 1.82) is 0 Å². The number of nitrogens with two attached hydrogens (primary N) is 1. The molecule has 2 N–H and O–H groups in total. The van der Waals surface area contributed by atoms with E-state index in [9.17, 15) is 8.78 Å². The molecule has 0 fully saturated rings. The predicted octanol–water partition coefficient (Wildman–Crippen LogP) is 2.66. The van der Waals surface area contributed by atoms with Gasteiger partial charge in [0.1, 0.15) is 0 Å². The molecule has 0 aliphatic heterocycles. The Hall–Kier alpha value is -1.52. The lowest BCUT2D eigenvalue weighted by atomic mass is 10.3. The Kier molecular flexibility index (Phi) is 3.71. The molecule has 0 bridgehead atoms. The average Bonchev–Trinajstić information content (AvgIpc) is 2.08. The first-order chi connectivity index (χ1) is 6.99. The zero-order valence-corrected chi connectivity index (χ0v) is 8.54. The molecule has 0 radical (unpaired) electrons. The van der Waals surface area contributed by atoms with Gasteiger partial charge in [-0.25, -0.2) is 0 Å². The minimum Gasteiger partial charge on any atom is -0.487 e. The number of hydrogen-bond donors (Lipinski definition) is 1. The molecule has 0 unspecified atom stereocenters. The number of hydrogen-bond acceptors (Lipinski definition) is 3. The van der Waals surface area contributed by atoms with E-state index < -0.39 is 6.61 Å². The normalized spacial score (nSPS) is 10.8. The molecule has 0 saturated heterocycles. The molecule has 0 aliphatic carbocycles. The van der Waals surface area contributed by atoms with E-state index in [1.807, 2.05) is 0 Å². The molecule has 15 heavy (non-hydrogen) atoms. The maximum absolute atomic E-state index is 12.0. The number of halogens is 2. The molecule has 5 heteroatoms. The van der Waals surface area contributed by atoms with Crippen LogP contribution in [-0.4, -0.2) is 12.7 Å². The maximum atomic E-state index is 12.0. The van der Waals surface area contributed by atoms with Crippen LogP contribution in [0.2, 0.25) is 0 Å². The highest BCUT2D eigenvalue weighted by Gasteiger charge is 2.11. The second-order valence-electron chi connectivity index (χ2n) is 3.25. The summed E-state index contributed by atoms with van der Waals surface area (Å²) in [7, 11) is 0. The molecule has 0 aromatic heterocycles. The summed E-state index contributed by atoms with van der Waals surface area (Å²) in [5, 5.41) is 0. The molecule has 0 saturated carbocycles. The van der Waals surface area contributed by atoms with Gasteiger partial charge in [-0.2, -0.15) is 8.78 Å². The maximum Gasteiger partial charge on any atom is 0.387 e. The highest BCUT2D eigenvalue weighted by Crippen LogP contribution is 2.31. The molecule has 0 aliphatic rings. The summed E-state index contributed by atoms with van der Waals surface area (Å²) in [5.41, 5.74) is 5.95. The smallest absolute Gasteiger partial charge is 0.387 e. The molecular formula is C10H13F2NO2. The third-order valence-electron chi connectivity index (χ3n) is 1.55. The minimum atomic E-state index is -2.87. The van der Waals surface area contributed by atoms with E-state index >= 15 is 0 Å². The van der Waals surface area contributed by atoms with Crippen LogP contribution in [0.5, 0.6) is 11.5 Å². The molecule has 3 nitrogen and oxygen atoms in total. The van der Waals surface area contributed by atoms with Gasteiger partial charge >= 0.3 is 6.61 Å². The van der Waals surface area contributed by atoms with Crippen LogP contribution in [0, 0.1) is 0 Å². The second-order valence-corrected chi connectivity index (χ2v) is 3.25. The molecule has 1 aromatic carbocycles. The van der Waals surface area contributed by atoms with Crippen LogP contribution < -0.4 is 15.2 Å². The van der Waals surface area contributed by atoms with Crippen LogP contribution in [0.4, 0.5) is 14.5 Å². The molecule has 0 heterocycles. The Bertz CT molecular complexity index is 329. The van der Waals surface area contributed by atoms with Crippen LogP contribution in [-0.2, 0) is 0 Å². The molecular weight excluding hydrogens is 204 g/mol. The van der Waals surface area contributed by atoms with Crippen molar-refractivity contribution in [2.24, 2.45) is 0 Å². The fourth-order valence-electron chi connectivity index (χ4n) is 1.06. The highest BCUT2D eigenvalue weighted by atomic mass is 19.3. The number of alkyl halides is 2. The standard InChI is InChI=1S/C10H13F2NO2/c1-6(2)14-9-5-7(13)3-4-8(9)15-10(11)12/h3-6,10H,13H2,1-2H3. The van der Waals surface area contributed by atoms with Crippen LogP contribution >= 0.6 is 0 Å². The van der Waals surface area contributed by atoms with Gasteiger partial charge in [0.05, 0.1) is 6.10 Å². The van der Waals surface area contributed by atoms with Crippen molar-refractivity contribution in [1.82, 2.24) is 0 Å². The second kappa shape index (κ2) is 4.82. The van der Waals surface area contributed by atoms with Gasteiger partial charge in [-0.15, -0.1) is 0 Å². The molecule has 0 amide bonds. The fourth-order valence-corrected chi connectivity index (χ4v) is 1.06. The average molecular weight is 217 g/mol. The van der Waals surface area contributed by atoms with Crippen LogP contribution in [0.3, 0.4) is 0 Å². The van der Waals surface area contributed by atoms with Crippen LogP contribution in [0.1, 0.15) is 13.8 Å². The van der Waals surface area contributed by atoms with Crippen LogP contribution in [0.15, 0.2) is 18.2 Å². The number of rotatable bonds is 4. The van der Waals surface area contributed by atoms with Gasteiger partial charge in [0.25, 0.3) is 0 Å². The fraction of sp³-hybridized carbons (Fsp3) is 0.400. The first-order valence-electron chi connectivity index (χ1n) is 4.50. The summed E-state index contributed by atoms with van der Waals surface area (Å²) < 4.78 is 33.6. The summed E-state index contributed by atoms with van der Waals surface area (Å²) in [6.07, 6.45) is -0.133. The van der Waals surface area contributed by atoms with Gasteiger partial charge in [0.2, 0.25) is 0 Å². The third kappa shape index (κ3) is 3.61. The predicted molar refractivity (Wildman–Crippen MR) is 53.3 cm³/mol. The van der Waals surface area contributed by atoms with Crippen molar-refractivity contribution in [3.8, 4) is 11.5 Å². The van der Waals surface area contributed by atoms with E-state index in [2.05, 4.69) is 4.74 Å². The van der Waals surface area contributed by atoms with Crippen molar-refractivity contribution in [3.05, 3.63) is 18.2 Å². The number of benzene rings is 1. The Morgan fingerprint density at radius 2 is 1.80 bits per heavy atom.